The van der Waals surface area contributed by atoms with Gasteiger partial charge < -0.3 is 15.0 Å². The molecule has 1 aliphatic carbocycles. The number of aromatic nitrogens is 1. The molecule has 1 N–H and O–H groups in total. The molecule has 0 unspecified atom stereocenters. The van der Waals surface area contributed by atoms with Crippen LogP contribution in [0.1, 0.15) is 42.4 Å². The molecule has 1 aromatic carbocycles. The third-order valence-corrected chi connectivity index (χ3v) is 4.68. The summed E-state index contributed by atoms with van der Waals surface area (Å²) in [4.78, 5) is 18.3. The summed E-state index contributed by atoms with van der Waals surface area (Å²) >= 11 is 0. The van der Waals surface area contributed by atoms with Gasteiger partial charge in [0.15, 0.2) is 0 Å². The molecule has 6 heteroatoms. The van der Waals surface area contributed by atoms with Gasteiger partial charge in [-0.05, 0) is 49.4 Å². The summed E-state index contributed by atoms with van der Waals surface area (Å²) in [5, 5.41) is 11.9. The first-order chi connectivity index (χ1) is 13.2. The van der Waals surface area contributed by atoms with Crippen LogP contribution in [-0.2, 0) is 13.1 Å². The Bertz CT molecular complexity index is 825. The van der Waals surface area contributed by atoms with Crippen LogP contribution in [0.2, 0.25) is 0 Å². The lowest BCUT2D eigenvalue weighted by molar-refractivity contribution is 0.196. The van der Waals surface area contributed by atoms with Gasteiger partial charge in [0.25, 0.3) is 0 Å². The van der Waals surface area contributed by atoms with Gasteiger partial charge in [-0.3, -0.25) is 0 Å². The van der Waals surface area contributed by atoms with Crippen LogP contribution in [-0.4, -0.2) is 29.1 Å². The number of nitrogens with zero attached hydrogens (tertiary/aromatic N) is 3. The van der Waals surface area contributed by atoms with Crippen molar-refractivity contribution in [3.63, 3.8) is 0 Å². The minimum Gasteiger partial charge on any atom is -0.474 e. The molecule has 0 radical (unpaired) electrons. The van der Waals surface area contributed by atoms with E-state index in [0.29, 0.717) is 24.5 Å². The van der Waals surface area contributed by atoms with Gasteiger partial charge in [0.05, 0.1) is 11.6 Å². The summed E-state index contributed by atoms with van der Waals surface area (Å²) in [5.41, 5.74) is 2.38. The van der Waals surface area contributed by atoms with E-state index in [-0.39, 0.29) is 12.1 Å². The fourth-order valence-corrected chi connectivity index (χ4v) is 3.22. The van der Waals surface area contributed by atoms with E-state index in [4.69, 9.17) is 10.00 Å². The maximum atomic E-state index is 12.4. The summed E-state index contributed by atoms with van der Waals surface area (Å²) in [5.74, 6) is 0.606. The molecular formula is C21H24N4O2. The molecule has 1 heterocycles. The van der Waals surface area contributed by atoms with Gasteiger partial charge in [-0.2, -0.15) is 5.26 Å². The van der Waals surface area contributed by atoms with Gasteiger partial charge in [0.2, 0.25) is 5.88 Å². The van der Waals surface area contributed by atoms with Crippen LogP contribution in [0.5, 0.6) is 5.88 Å². The Morgan fingerprint density at radius 1 is 1.33 bits per heavy atom. The first kappa shape index (κ1) is 18.7. The number of hydrogen-bond donors (Lipinski definition) is 1. The summed E-state index contributed by atoms with van der Waals surface area (Å²) in [7, 11) is 1.73. The number of rotatable bonds is 6. The van der Waals surface area contributed by atoms with E-state index in [2.05, 4.69) is 16.4 Å². The summed E-state index contributed by atoms with van der Waals surface area (Å²) < 4.78 is 6.01. The molecule has 1 saturated carbocycles. The fourth-order valence-electron chi connectivity index (χ4n) is 3.22. The van der Waals surface area contributed by atoms with Crippen molar-refractivity contribution in [1.82, 2.24) is 15.2 Å². The SMILES string of the molecule is CN(Cc1cccc(C#N)c1)C(=O)NCc1cccnc1OC1CCCC1. The van der Waals surface area contributed by atoms with Crippen molar-refractivity contribution in [2.45, 2.75) is 44.9 Å². The van der Waals surface area contributed by atoms with Gasteiger partial charge in [-0.15, -0.1) is 0 Å². The van der Waals surface area contributed by atoms with Gasteiger partial charge >= 0.3 is 6.03 Å². The van der Waals surface area contributed by atoms with Crippen LogP contribution < -0.4 is 10.1 Å². The fraction of sp³-hybridized carbons (Fsp3) is 0.381. The molecule has 0 saturated heterocycles. The van der Waals surface area contributed by atoms with Gasteiger partial charge in [0.1, 0.15) is 6.10 Å². The number of nitriles is 1. The van der Waals surface area contributed by atoms with Crippen LogP contribution >= 0.6 is 0 Å². The van der Waals surface area contributed by atoms with Gasteiger partial charge in [0, 0.05) is 31.9 Å². The number of amides is 2. The van der Waals surface area contributed by atoms with Crippen molar-refractivity contribution >= 4 is 6.03 Å². The van der Waals surface area contributed by atoms with Crippen LogP contribution in [0.3, 0.4) is 0 Å². The zero-order chi connectivity index (χ0) is 19.1. The van der Waals surface area contributed by atoms with Crippen molar-refractivity contribution in [2.24, 2.45) is 0 Å². The second kappa shape index (κ2) is 9.04. The molecule has 6 nitrogen and oxygen atoms in total. The highest BCUT2D eigenvalue weighted by Gasteiger charge is 2.19. The highest BCUT2D eigenvalue weighted by atomic mass is 16.5. The quantitative estimate of drug-likeness (QED) is 0.849. The number of nitrogens with one attached hydrogen (secondary N) is 1. The Morgan fingerprint density at radius 2 is 2.15 bits per heavy atom. The maximum Gasteiger partial charge on any atom is 0.317 e. The second-order valence-electron chi connectivity index (χ2n) is 6.82. The summed E-state index contributed by atoms with van der Waals surface area (Å²) in [6.45, 7) is 0.789. The second-order valence-corrected chi connectivity index (χ2v) is 6.82. The predicted molar refractivity (Wildman–Crippen MR) is 102 cm³/mol. The first-order valence-corrected chi connectivity index (χ1v) is 9.24. The average Bonchev–Trinajstić information content (AvgIpc) is 3.20. The molecule has 1 aliphatic rings. The lowest BCUT2D eigenvalue weighted by Gasteiger charge is -2.19. The Kier molecular flexibility index (Phi) is 6.26. The van der Waals surface area contributed by atoms with E-state index in [1.54, 1.807) is 30.3 Å². The monoisotopic (exact) mass is 364 g/mol. The minimum atomic E-state index is -0.187. The number of carbonyl (C=O) groups excluding carboxylic acids is 1. The summed E-state index contributed by atoms with van der Waals surface area (Å²) in [6.07, 6.45) is 6.45. The highest BCUT2D eigenvalue weighted by molar-refractivity contribution is 5.73. The molecule has 0 aliphatic heterocycles. The molecule has 0 atom stereocenters. The van der Waals surface area contributed by atoms with Crippen molar-refractivity contribution in [3.8, 4) is 11.9 Å². The highest BCUT2D eigenvalue weighted by Crippen LogP contribution is 2.25. The zero-order valence-electron chi connectivity index (χ0n) is 15.5. The number of benzene rings is 1. The Morgan fingerprint density at radius 3 is 2.93 bits per heavy atom. The average molecular weight is 364 g/mol. The van der Waals surface area contributed by atoms with Crippen molar-refractivity contribution in [1.29, 1.82) is 5.26 Å². The largest absolute Gasteiger partial charge is 0.474 e. The Labute approximate surface area is 159 Å². The van der Waals surface area contributed by atoms with Crippen LogP contribution in [0.4, 0.5) is 4.79 Å². The maximum absolute atomic E-state index is 12.4. The number of ether oxygens (including phenoxy) is 1. The zero-order valence-corrected chi connectivity index (χ0v) is 15.5. The van der Waals surface area contributed by atoms with Crippen LogP contribution in [0, 0.1) is 11.3 Å². The van der Waals surface area contributed by atoms with Crippen LogP contribution in [0.15, 0.2) is 42.6 Å². The van der Waals surface area contributed by atoms with Gasteiger partial charge in [-0.1, -0.05) is 18.2 Å². The Balaban J connectivity index is 1.56. The molecule has 3 rings (SSSR count). The summed E-state index contributed by atoms with van der Waals surface area (Å²) in [6, 6.07) is 13.0. The van der Waals surface area contributed by atoms with E-state index in [0.717, 1.165) is 24.0 Å². The van der Waals surface area contributed by atoms with E-state index >= 15 is 0 Å². The smallest absolute Gasteiger partial charge is 0.317 e. The third-order valence-electron chi connectivity index (χ3n) is 4.68. The van der Waals surface area contributed by atoms with E-state index < -0.39 is 0 Å². The van der Waals surface area contributed by atoms with Crippen molar-refractivity contribution < 1.29 is 9.53 Å². The molecule has 1 aromatic heterocycles. The van der Waals surface area contributed by atoms with Crippen molar-refractivity contribution in [3.05, 3.63) is 59.3 Å². The standard InChI is InChI=1S/C21H24N4O2/c1-25(15-17-7-4-6-16(12-17)13-22)21(26)24-14-18-8-5-11-23-20(18)27-19-9-2-3-10-19/h4-8,11-12,19H,2-3,9-10,14-15H2,1H3,(H,24,26). The number of urea groups is 1. The first-order valence-electron chi connectivity index (χ1n) is 9.24. The molecule has 2 amide bonds. The molecule has 0 spiro atoms. The number of carbonyl (C=O) groups is 1. The molecule has 1 fully saturated rings. The molecule has 140 valence electrons. The number of pyridine rings is 1. The van der Waals surface area contributed by atoms with Crippen molar-refractivity contribution in [2.75, 3.05) is 7.05 Å². The molecule has 27 heavy (non-hydrogen) atoms. The van der Waals surface area contributed by atoms with Gasteiger partial charge in [-0.25, -0.2) is 9.78 Å². The minimum absolute atomic E-state index is 0.187. The lowest BCUT2D eigenvalue weighted by atomic mass is 10.1. The lowest BCUT2D eigenvalue weighted by Crippen LogP contribution is -2.36. The third kappa shape index (κ3) is 5.20. The topological polar surface area (TPSA) is 78.3 Å². The predicted octanol–water partition coefficient (Wildman–Crippen LogP) is 3.62. The molecular weight excluding hydrogens is 340 g/mol. The number of hydrogen-bond acceptors (Lipinski definition) is 4. The Hall–Kier alpha value is -3.07. The normalized spacial score (nSPS) is 13.8. The van der Waals surface area contributed by atoms with E-state index in [1.807, 2.05) is 24.3 Å². The molecule has 2 aromatic rings. The molecule has 0 bridgehead atoms. The van der Waals surface area contributed by atoms with Crippen LogP contribution in [0.25, 0.3) is 0 Å². The van der Waals surface area contributed by atoms with E-state index in [9.17, 15) is 4.79 Å². The van der Waals surface area contributed by atoms with E-state index in [1.165, 1.54) is 12.8 Å².